The van der Waals surface area contributed by atoms with Crippen LogP contribution in [0, 0.1) is 11.3 Å². The average Bonchev–Trinajstić information content (AvgIpc) is 3.34. The Hall–Kier alpha value is -8.39. The van der Waals surface area contributed by atoms with Crippen LogP contribution >= 0.6 is 0 Å². The van der Waals surface area contributed by atoms with E-state index in [0.717, 1.165) is 72.4 Å². The zero-order valence-corrected chi connectivity index (χ0v) is 32.8. The molecule has 61 heavy (non-hydrogen) atoms. The summed E-state index contributed by atoms with van der Waals surface area (Å²) in [6.45, 7) is 0. The Bertz CT molecular complexity index is 3550. The standard InChI is InChI=1S/C57H33N3O/c58-34-35-18-23-46-48-25-24-41(47-14-9-17-55(57(47)48)61-56(46)28-35)36-19-21-37(22-20-36)49-32-51-45-13-4-2-11-43(45)50(33-52(51)44-12-3-1-10-42(44)49)38-29-39(53-15-5-7-26-59-53)31-40(30-38)54-16-6-8-27-60-54/h1-33H. The maximum atomic E-state index is 9.50. The first-order chi connectivity index (χ1) is 30.2. The van der Waals surface area contributed by atoms with Crippen molar-refractivity contribution in [2.45, 2.75) is 0 Å². The highest BCUT2D eigenvalue weighted by molar-refractivity contribution is 6.24. The Morgan fingerprint density at radius 2 is 0.869 bits per heavy atom. The summed E-state index contributed by atoms with van der Waals surface area (Å²) in [5, 5.41) is 19.0. The van der Waals surface area contributed by atoms with E-state index in [1.54, 1.807) is 0 Å². The predicted molar refractivity (Wildman–Crippen MR) is 249 cm³/mol. The molecule has 9 aromatic carbocycles. The molecule has 1 aliphatic heterocycles. The monoisotopic (exact) mass is 775 g/mol. The van der Waals surface area contributed by atoms with E-state index in [4.69, 9.17) is 14.7 Å². The number of fused-ring (bicyclic) bond motifs is 7. The van der Waals surface area contributed by atoms with Crippen LogP contribution in [0.4, 0.5) is 0 Å². The minimum atomic E-state index is 0.585. The van der Waals surface area contributed by atoms with Crippen LogP contribution < -0.4 is 4.74 Å². The van der Waals surface area contributed by atoms with Gasteiger partial charge >= 0.3 is 0 Å². The van der Waals surface area contributed by atoms with E-state index in [-0.39, 0.29) is 0 Å². The van der Waals surface area contributed by atoms with Crippen LogP contribution in [0.3, 0.4) is 0 Å². The van der Waals surface area contributed by atoms with E-state index in [1.807, 2.05) is 67.0 Å². The Labute approximate surface area is 352 Å². The topological polar surface area (TPSA) is 58.8 Å². The largest absolute Gasteiger partial charge is 0.456 e. The van der Waals surface area contributed by atoms with Gasteiger partial charge in [0.05, 0.1) is 23.0 Å². The fourth-order valence-electron chi connectivity index (χ4n) is 9.36. The van der Waals surface area contributed by atoms with Crippen molar-refractivity contribution < 1.29 is 4.74 Å². The van der Waals surface area contributed by atoms with Crippen LogP contribution in [0.1, 0.15) is 5.56 Å². The number of rotatable bonds is 5. The molecule has 0 aliphatic carbocycles. The van der Waals surface area contributed by atoms with E-state index in [1.165, 1.54) is 43.4 Å². The Kier molecular flexibility index (Phi) is 7.88. The second-order valence-electron chi connectivity index (χ2n) is 15.6. The molecule has 2 aromatic heterocycles. The second-order valence-corrected chi connectivity index (χ2v) is 15.6. The van der Waals surface area contributed by atoms with Crippen molar-refractivity contribution in [3.63, 3.8) is 0 Å². The molecule has 282 valence electrons. The van der Waals surface area contributed by atoms with Gasteiger partial charge < -0.3 is 4.74 Å². The maximum Gasteiger partial charge on any atom is 0.136 e. The molecule has 1 aliphatic rings. The number of nitriles is 1. The number of hydrogen-bond donors (Lipinski definition) is 0. The first-order valence-corrected chi connectivity index (χ1v) is 20.4. The van der Waals surface area contributed by atoms with Gasteiger partial charge in [-0.05, 0) is 156 Å². The smallest absolute Gasteiger partial charge is 0.136 e. The molecular formula is C57H33N3O. The molecule has 0 amide bonds. The second kappa shape index (κ2) is 13.9. The number of aromatic nitrogens is 2. The highest BCUT2D eigenvalue weighted by atomic mass is 16.5. The first kappa shape index (κ1) is 34.6. The van der Waals surface area contributed by atoms with E-state index in [2.05, 4.69) is 140 Å². The Morgan fingerprint density at radius 1 is 0.344 bits per heavy atom. The third-order valence-electron chi connectivity index (χ3n) is 12.2. The van der Waals surface area contributed by atoms with Gasteiger partial charge in [0.25, 0.3) is 0 Å². The first-order valence-electron chi connectivity index (χ1n) is 20.4. The summed E-state index contributed by atoms with van der Waals surface area (Å²) in [5.74, 6) is 1.52. The molecule has 4 nitrogen and oxygen atoms in total. The van der Waals surface area contributed by atoms with Crippen molar-refractivity contribution in [3.05, 3.63) is 206 Å². The molecule has 0 saturated heterocycles. The van der Waals surface area contributed by atoms with E-state index < -0.39 is 0 Å². The van der Waals surface area contributed by atoms with Gasteiger partial charge in [-0.3, -0.25) is 9.97 Å². The maximum absolute atomic E-state index is 9.50. The quantitative estimate of drug-likeness (QED) is 0.163. The van der Waals surface area contributed by atoms with Crippen molar-refractivity contribution in [3.8, 4) is 84.6 Å². The van der Waals surface area contributed by atoms with Crippen LogP contribution in [0.15, 0.2) is 200 Å². The van der Waals surface area contributed by atoms with Gasteiger partial charge in [0, 0.05) is 34.5 Å². The molecule has 0 N–H and O–H groups in total. The summed E-state index contributed by atoms with van der Waals surface area (Å²) >= 11 is 0. The molecule has 4 heteroatoms. The third kappa shape index (κ3) is 5.67. The van der Waals surface area contributed by atoms with Gasteiger partial charge in [-0.2, -0.15) is 5.26 Å². The number of nitrogens with zero attached hydrogens (tertiary/aromatic N) is 3. The summed E-state index contributed by atoms with van der Waals surface area (Å²) < 4.78 is 6.39. The molecular weight excluding hydrogens is 743 g/mol. The van der Waals surface area contributed by atoms with Crippen LogP contribution in [0.25, 0.3) is 110 Å². The van der Waals surface area contributed by atoms with E-state index >= 15 is 0 Å². The summed E-state index contributed by atoms with van der Waals surface area (Å²) in [4.78, 5) is 9.48. The normalized spacial score (nSPS) is 11.7. The Morgan fingerprint density at radius 3 is 1.48 bits per heavy atom. The van der Waals surface area contributed by atoms with Crippen LogP contribution in [-0.4, -0.2) is 9.97 Å². The van der Waals surface area contributed by atoms with Crippen LogP contribution in [0.2, 0.25) is 0 Å². The lowest BCUT2D eigenvalue weighted by Gasteiger charge is -2.22. The summed E-state index contributed by atoms with van der Waals surface area (Å²) in [5.41, 5.74) is 13.6. The summed E-state index contributed by atoms with van der Waals surface area (Å²) in [7, 11) is 0. The molecule has 0 spiro atoms. The molecule has 0 fully saturated rings. The van der Waals surface area contributed by atoms with Gasteiger partial charge in [-0.1, -0.05) is 109 Å². The SMILES string of the molecule is N#Cc1ccc2c(c1)Oc1cccc3c(-c4ccc(-c5cc6c7ccccc7c(-c7cc(-c8ccccn8)cc(-c8ccccn8)c7)cc6c6ccccc56)cc4)ccc-2c13. The lowest BCUT2D eigenvalue weighted by Crippen LogP contribution is -1.98. The molecule has 11 aromatic rings. The van der Waals surface area contributed by atoms with Crippen molar-refractivity contribution in [1.82, 2.24) is 9.97 Å². The fourth-order valence-corrected chi connectivity index (χ4v) is 9.36. The number of ether oxygens (including phenoxy) is 1. The van der Waals surface area contributed by atoms with Gasteiger partial charge in [-0.25, -0.2) is 0 Å². The van der Waals surface area contributed by atoms with Crippen molar-refractivity contribution in [1.29, 1.82) is 5.26 Å². The van der Waals surface area contributed by atoms with Gasteiger partial charge in [0.2, 0.25) is 0 Å². The lowest BCUT2D eigenvalue weighted by atomic mass is 9.86. The zero-order chi connectivity index (χ0) is 40.4. The van der Waals surface area contributed by atoms with Gasteiger partial charge in [-0.15, -0.1) is 0 Å². The van der Waals surface area contributed by atoms with Gasteiger partial charge in [0.1, 0.15) is 11.5 Å². The van der Waals surface area contributed by atoms with Crippen molar-refractivity contribution in [2.75, 3.05) is 0 Å². The van der Waals surface area contributed by atoms with Crippen molar-refractivity contribution >= 4 is 43.1 Å². The molecule has 3 heterocycles. The molecule has 12 rings (SSSR count). The highest BCUT2D eigenvalue weighted by Crippen LogP contribution is 2.49. The average molecular weight is 776 g/mol. The third-order valence-corrected chi connectivity index (χ3v) is 12.2. The van der Waals surface area contributed by atoms with Crippen molar-refractivity contribution in [2.24, 2.45) is 0 Å². The number of hydrogen-bond acceptors (Lipinski definition) is 4. The molecule has 0 radical (unpaired) electrons. The van der Waals surface area contributed by atoms with Crippen LogP contribution in [0.5, 0.6) is 11.5 Å². The fraction of sp³-hybridized carbons (Fsp3) is 0. The highest BCUT2D eigenvalue weighted by Gasteiger charge is 2.22. The molecule has 0 atom stereocenters. The van der Waals surface area contributed by atoms with E-state index in [0.29, 0.717) is 11.3 Å². The molecule has 0 saturated carbocycles. The van der Waals surface area contributed by atoms with Crippen LogP contribution in [-0.2, 0) is 0 Å². The predicted octanol–water partition coefficient (Wildman–Crippen LogP) is 15.1. The van der Waals surface area contributed by atoms with Gasteiger partial charge in [0.15, 0.2) is 0 Å². The minimum absolute atomic E-state index is 0.585. The summed E-state index contributed by atoms with van der Waals surface area (Å²) in [6.07, 6.45) is 3.70. The molecule has 0 unspecified atom stereocenters. The lowest BCUT2D eigenvalue weighted by molar-refractivity contribution is 0.487. The number of benzene rings is 9. The summed E-state index contributed by atoms with van der Waals surface area (Å²) in [6, 6.07) is 68.7. The Balaban J connectivity index is 1.01. The minimum Gasteiger partial charge on any atom is -0.456 e. The molecule has 0 bridgehead atoms. The van der Waals surface area contributed by atoms with E-state index in [9.17, 15) is 5.26 Å². The zero-order valence-electron chi connectivity index (χ0n) is 32.8. The number of pyridine rings is 2.